The van der Waals surface area contributed by atoms with Crippen molar-refractivity contribution in [1.82, 2.24) is 10.2 Å². The van der Waals surface area contributed by atoms with Gasteiger partial charge in [0.2, 0.25) is 5.91 Å². The molecule has 2 aromatic rings. The quantitative estimate of drug-likeness (QED) is 0.768. The molecule has 29 heavy (non-hydrogen) atoms. The Labute approximate surface area is 164 Å². The molecule has 0 spiro atoms. The summed E-state index contributed by atoms with van der Waals surface area (Å²) in [5.74, 6) is -0.729. The van der Waals surface area contributed by atoms with Gasteiger partial charge in [-0.1, -0.05) is 18.2 Å². The number of halogens is 3. The molecule has 0 radical (unpaired) electrons. The predicted molar refractivity (Wildman–Crippen MR) is 97.9 cm³/mol. The summed E-state index contributed by atoms with van der Waals surface area (Å²) in [6, 6.07) is 8.67. The fraction of sp³-hybridized carbons (Fsp3) is 0.300. The van der Waals surface area contributed by atoms with Crippen molar-refractivity contribution in [2.75, 3.05) is 13.1 Å². The van der Waals surface area contributed by atoms with Crippen LogP contribution in [0.4, 0.5) is 13.2 Å². The highest BCUT2D eigenvalue weighted by Crippen LogP contribution is 2.27. The summed E-state index contributed by atoms with van der Waals surface area (Å²) in [6.07, 6.45) is 0.197. The normalized spacial score (nSPS) is 15.5. The zero-order chi connectivity index (χ0) is 20.9. The molecule has 1 aromatic heterocycles. The van der Waals surface area contributed by atoms with Gasteiger partial charge >= 0.3 is 6.36 Å². The van der Waals surface area contributed by atoms with E-state index < -0.39 is 12.3 Å². The minimum Gasteiger partial charge on any atom is -0.459 e. The summed E-state index contributed by atoms with van der Waals surface area (Å²) >= 11 is 0. The molecule has 1 aromatic carbocycles. The Balaban J connectivity index is 1.51. The van der Waals surface area contributed by atoms with E-state index >= 15 is 0 Å². The number of amides is 2. The van der Waals surface area contributed by atoms with Gasteiger partial charge in [0.25, 0.3) is 5.91 Å². The zero-order valence-electron chi connectivity index (χ0n) is 15.3. The average molecular weight is 408 g/mol. The van der Waals surface area contributed by atoms with Crippen molar-refractivity contribution in [2.45, 2.75) is 25.2 Å². The first-order valence-electron chi connectivity index (χ1n) is 8.98. The number of hydrogen-bond donors (Lipinski definition) is 1. The standard InChI is InChI=1S/C20H19F3N2O4/c21-20(22,23)29-16-5-2-1-4-14(16)7-8-18(26)24-15-9-11-25(12-10-15)19(27)17-6-3-13-28-17/h1-8,13,15H,9-12H2,(H,24,26)/b8-7+. The number of para-hydroxylation sites is 1. The second kappa shape index (κ2) is 8.85. The minimum absolute atomic E-state index is 0.130. The maximum atomic E-state index is 12.4. The Kier molecular flexibility index (Phi) is 6.26. The van der Waals surface area contributed by atoms with Gasteiger partial charge < -0.3 is 19.4 Å². The van der Waals surface area contributed by atoms with Crippen LogP contribution in [-0.4, -0.2) is 42.2 Å². The van der Waals surface area contributed by atoms with Crippen LogP contribution in [0.2, 0.25) is 0 Å². The highest BCUT2D eigenvalue weighted by molar-refractivity contribution is 5.93. The molecule has 154 valence electrons. The van der Waals surface area contributed by atoms with Crippen LogP contribution in [0.15, 0.2) is 53.2 Å². The molecule has 2 heterocycles. The van der Waals surface area contributed by atoms with Crippen molar-refractivity contribution >= 4 is 17.9 Å². The molecule has 0 unspecified atom stereocenters. The summed E-state index contributed by atoms with van der Waals surface area (Å²) in [4.78, 5) is 26.0. The smallest absolute Gasteiger partial charge is 0.459 e. The summed E-state index contributed by atoms with van der Waals surface area (Å²) in [5.41, 5.74) is 0.138. The molecule has 9 heteroatoms. The maximum Gasteiger partial charge on any atom is 0.573 e. The van der Waals surface area contributed by atoms with E-state index in [4.69, 9.17) is 4.42 Å². The Morgan fingerprint density at radius 1 is 1.14 bits per heavy atom. The predicted octanol–water partition coefficient (Wildman–Crippen LogP) is 3.61. The van der Waals surface area contributed by atoms with Crippen molar-refractivity contribution in [3.05, 3.63) is 60.1 Å². The van der Waals surface area contributed by atoms with E-state index in [1.54, 1.807) is 23.1 Å². The van der Waals surface area contributed by atoms with Crippen LogP contribution >= 0.6 is 0 Å². The van der Waals surface area contributed by atoms with Crippen molar-refractivity contribution < 1.29 is 31.9 Å². The number of furan rings is 1. The van der Waals surface area contributed by atoms with Crippen LogP contribution in [0.1, 0.15) is 29.0 Å². The molecule has 0 saturated carbocycles. The Morgan fingerprint density at radius 2 is 1.86 bits per heavy atom. The summed E-state index contributed by atoms with van der Waals surface area (Å²) < 4.78 is 46.4. The number of piperidine rings is 1. The SMILES string of the molecule is O=C(/C=C/c1ccccc1OC(F)(F)F)NC1CCN(C(=O)c2ccco2)CC1. The highest BCUT2D eigenvalue weighted by Gasteiger charge is 2.31. The second-order valence-corrected chi connectivity index (χ2v) is 6.47. The third kappa shape index (κ3) is 5.87. The van der Waals surface area contributed by atoms with E-state index in [-0.39, 0.29) is 29.0 Å². The lowest BCUT2D eigenvalue weighted by atomic mass is 10.0. The molecular formula is C20H19F3N2O4. The number of alkyl halides is 3. The van der Waals surface area contributed by atoms with Crippen molar-refractivity contribution in [3.63, 3.8) is 0 Å². The fourth-order valence-electron chi connectivity index (χ4n) is 3.03. The molecule has 1 fully saturated rings. The molecule has 0 atom stereocenters. The minimum atomic E-state index is -4.81. The van der Waals surface area contributed by atoms with Crippen molar-refractivity contribution in [3.8, 4) is 5.75 Å². The molecule has 1 aliphatic heterocycles. The van der Waals surface area contributed by atoms with Gasteiger partial charge in [-0.05, 0) is 37.1 Å². The summed E-state index contributed by atoms with van der Waals surface area (Å²) in [7, 11) is 0. The average Bonchev–Trinajstić information content (AvgIpc) is 3.21. The topological polar surface area (TPSA) is 71.8 Å². The van der Waals surface area contributed by atoms with Gasteiger partial charge in [-0.3, -0.25) is 9.59 Å². The lowest BCUT2D eigenvalue weighted by molar-refractivity contribution is -0.274. The number of ether oxygens (including phenoxy) is 1. The Hall–Kier alpha value is -3.23. The van der Waals surface area contributed by atoms with Crippen molar-refractivity contribution in [1.29, 1.82) is 0 Å². The van der Waals surface area contributed by atoms with Gasteiger partial charge in [-0.2, -0.15) is 0 Å². The molecular weight excluding hydrogens is 389 g/mol. The molecule has 6 nitrogen and oxygen atoms in total. The Morgan fingerprint density at radius 3 is 2.52 bits per heavy atom. The van der Waals surface area contributed by atoms with E-state index in [1.165, 1.54) is 36.6 Å². The van der Waals surface area contributed by atoms with E-state index in [0.717, 1.165) is 0 Å². The molecule has 1 aliphatic rings. The van der Waals surface area contributed by atoms with E-state index in [1.807, 2.05) is 0 Å². The summed E-state index contributed by atoms with van der Waals surface area (Å²) in [5, 5.41) is 2.80. The molecule has 0 bridgehead atoms. The number of carbonyl (C=O) groups excluding carboxylic acids is 2. The number of rotatable bonds is 5. The van der Waals surface area contributed by atoms with Gasteiger partial charge in [0.05, 0.1) is 6.26 Å². The highest BCUT2D eigenvalue weighted by atomic mass is 19.4. The van der Waals surface area contributed by atoms with Gasteiger partial charge in [0, 0.05) is 30.8 Å². The first-order valence-corrected chi connectivity index (χ1v) is 8.98. The monoisotopic (exact) mass is 408 g/mol. The van der Waals surface area contributed by atoms with Crippen LogP contribution in [-0.2, 0) is 4.79 Å². The van der Waals surface area contributed by atoms with Crippen LogP contribution in [0, 0.1) is 0 Å². The molecule has 0 aliphatic carbocycles. The van der Waals surface area contributed by atoms with Crippen LogP contribution in [0.5, 0.6) is 5.75 Å². The summed E-state index contributed by atoms with van der Waals surface area (Å²) in [6.45, 7) is 0.937. The number of carbonyl (C=O) groups is 2. The molecule has 3 rings (SSSR count). The molecule has 1 N–H and O–H groups in total. The lowest BCUT2D eigenvalue weighted by Crippen LogP contribution is -2.46. The third-order valence-electron chi connectivity index (χ3n) is 4.42. The van der Waals surface area contributed by atoms with Crippen molar-refractivity contribution in [2.24, 2.45) is 0 Å². The zero-order valence-corrected chi connectivity index (χ0v) is 15.3. The van der Waals surface area contributed by atoms with E-state index in [2.05, 4.69) is 10.1 Å². The van der Waals surface area contributed by atoms with Gasteiger partial charge in [-0.25, -0.2) is 0 Å². The second-order valence-electron chi connectivity index (χ2n) is 6.47. The van der Waals surface area contributed by atoms with Crippen LogP contribution < -0.4 is 10.1 Å². The van der Waals surface area contributed by atoms with Crippen LogP contribution in [0.3, 0.4) is 0 Å². The number of nitrogens with zero attached hydrogens (tertiary/aromatic N) is 1. The van der Waals surface area contributed by atoms with Gasteiger partial charge in [-0.15, -0.1) is 13.2 Å². The maximum absolute atomic E-state index is 12.4. The molecule has 2 amide bonds. The van der Waals surface area contributed by atoms with E-state index in [0.29, 0.717) is 25.9 Å². The fourth-order valence-corrected chi connectivity index (χ4v) is 3.03. The van der Waals surface area contributed by atoms with Crippen LogP contribution in [0.25, 0.3) is 6.08 Å². The number of benzene rings is 1. The largest absolute Gasteiger partial charge is 0.573 e. The number of likely N-dealkylation sites (tertiary alicyclic amines) is 1. The lowest BCUT2D eigenvalue weighted by Gasteiger charge is -2.31. The third-order valence-corrected chi connectivity index (χ3v) is 4.42. The number of hydrogen-bond acceptors (Lipinski definition) is 4. The first kappa shape index (κ1) is 20.5. The first-order chi connectivity index (χ1) is 13.8. The van der Waals surface area contributed by atoms with Gasteiger partial charge in [0.15, 0.2) is 5.76 Å². The van der Waals surface area contributed by atoms with E-state index in [9.17, 15) is 22.8 Å². The molecule has 1 saturated heterocycles. The van der Waals surface area contributed by atoms with Gasteiger partial charge in [0.1, 0.15) is 5.75 Å². The Bertz CT molecular complexity index is 870. The number of nitrogens with one attached hydrogen (secondary N) is 1.